The number of hydrogen-bond acceptors (Lipinski definition) is 3. The van der Waals surface area contributed by atoms with Crippen molar-refractivity contribution in [1.82, 2.24) is 10.3 Å². The molecule has 3 aromatic rings. The Labute approximate surface area is 158 Å². The molecule has 0 spiro atoms. The van der Waals surface area contributed by atoms with Gasteiger partial charge in [-0.15, -0.1) is 0 Å². The Morgan fingerprint density at radius 3 is 2.19 bits per heavy atom. The molecule has 0 bridgehead atoms. The van der Waals surface area contributed by atoms with Gasteiger partial charge in [0.25, 0.3) is 11.8 Å². The number of aromatic nitrogens is 1. The van der Waals surface area contributed by atoms with Crippen molar-refractivity contribution in [3.63, 3.8) is 0 Å². The monoisotopic (exact) mass is 359 g/mol. The van der Waals surface area contributed by atoms with Crippen LogP contribution in [-0.2, 0) is 6.54 Å². The van der Waals surface area contributed by atoms with Gasteiger partial charge in [-0.2, -0.15) is 0 Å². The highest BCUT2D eigenvalue weighted by atomic mass is 16.2. The number of anilines is 1. The lowest BCUT2D eigenvalue weighted by Crippen LogP contribution is -2.30. The number of nitrogens with one attached hydrogen (secondary N) is 1. The highest BCUT2D eigenvalue weighted by molar-refractivity contribution is 6.06. The van der Waals surface area contributed by atoms with E-state index in [1.807, 2.05) is 55.5 Å². The topological polar surface area (TPSA) is 62.3 Å². The van der Waals surface area contributed by atoms with Gasteiger partial charge in [0.15, 0.2) is 0 Å². The molecule has 0 atom stereocenters. The van der Waals surface area contributed by atoms with E-state index < -0.39 is 0 Å². The summed E-state index contributed by atoms with van der Waals surface area (Å²) in [6.45, 7) is 2.86. The molecular weight excluding hydrogens is 338 g/mol. The van der Waals surface area contributed by atoms with Gasteiger partial charge in [0.05, 0.1) is 12.2 Å². The van der Waals surface area contributed by atoms with Gasteiger partial charge in [-0.25, -0.2) is 0 Å². The Bertz CT molecular complexity index is 894. The number of hydrogen-bond donors (Lipinski definition) is 1. The molecule has 5 nitrogen and oxygen atoms in total. The molecule has 3 rings (SSSR count). The maximum atomic E-state index is 12.8. The van der Waals surface area contributed by atoms with E-state index in [4.69, 9.17) is 0 Å². The van der Waals surface area contributed by atoms with Gasteiger partial charge in [0.1, 0.15) is 0 Å². The zero-order valence-electron chi connectivity index (χ0n) is 15.1. The van der Waals surface area contributed by atoms with E-state index in [0.717, 1.165) is 11.4 Å². The number of benzene rings is 2. The van der Waals surface area contributed by atoms with Crippen molar-refractivity contribution in [1.29, 1.82) is 0 Å². The third-order valence-corrected chi connectivity index (χ3v) is 4.18. The zero-order chi connectivity index (χ0) is 19.1. The summed E-state index contributed by atoms with van der Waals surface area (Å²) in [5.41, 5.74) is 2.69. The second-order valence-corrected chi connectivity index (χ2v) is 5.97. The molecule has 0 saturated heterocycles. The number of nitrogens with zero attached hydrogens (tertiary/aromatic N) is 2. The van der Waals surface area contributed by atoms with Crippen molar-refractivity contribution in [2.45, 2.75) is 13.5 Å². The van der Waals surface area contributed by atoms with Crippen LogP contribution in [0.2, 0.25) is 0 Å². The minimum absolute atomic E-state index is 0.0934. The van der Waals surface area contributed by atoms with Gasteiger partial charge in [-0.3, -0.25) is 14.6 Å². The van der Waals surface area contributed by atoms with E-state index in [2.05, 4.69) is 10.3 Å². The van der Waals surface area contributed by atoms with E-state index in [0.29, 0.717) is 24.2 Å². The lowest BCUT2D eigenvalue weighted by molar-refractivity contribution is 0.0947. The van der Waals surface area contributed by atoms with Crippen LogP contribution in [0.3, 0.4) is 0 Å². The Morgan fingerprint density at radius 1 is 0.889 bits per heavy atom. The standard InChI is InChI=1S/C22H21N3O2/c1-2-25(20-9-4-3-5-10-20)22(27)18-13-11-17(12-14-18)21(26)24-16-19-8-6-7-15-23-19/h3-15H,2,16H2,1H3,(H,24,26). The van der Waals surface area contributed by atoms with Gasteiger partial charge in [-0.1, -0.05) is 24.3 Å². The van der Waals surface area contributed by atoms with Crippen LogP contribution in [0.1, 0.15) is 33.3 Å². The molecule has 2 aromatic carbocycles. The summed E-state index contributed by atoms with van der Waals surface area (Å²) in [5.74, 6) is -0.292. The molecule has 1 N–H and O–H groups in total. The largest absolute Gasteiger partial charge is 0.346 e. The minimum Gasteiger partial charge on any atom is -0.346 e. The minimum atomic E-state index is -0.199. The maximum Gasteiger partial charge on any atom is 0.258 e. The van der Waals surface area contributed by atoms with Crippen LogP contribution in [0.4, 0.5) is 5.69 Å². The summed E-state index contributed by atoms with van der Waals surface area (Å²) in [5, 5.41) is 2.83. The van der Waals surface area contributed by atoms with Crippen molar-refractivity contribution >= 4 is 17.5 Å². The van der Waals surface area contributed by atoms with E-state index in [1.165, 1.54) is 0 Å². The van der Waals surface area contributed by atoms with Crippen LogP contribution in [0.25, 0.3) is 0 Å². The predicted molar refractivity (Wildman–Crippen MR) is 106 cm³/mol. The molecule has 5 heteroatoms. The summed E-state index contributed by atoms with van der Waals surface area (Å²) in [4.78, 5) is 30.9. The first-order chi connectivity index (χ1) is 13.2. The average Bonchev–Trinajstić information content (AvgIpc) is 2.74. The fourth-order valence-electron chi connectivity index (χ4n) is 2.75. The third-order valence-electron chi connectivity index (χ3n) is 4.18. The second-order valence-electron chi connectivity index (χ2n) is 5.97. The van der Waals surface area contributed by atoms with Crippen molar-refractivity contribution in [2.75, 3.05) is 11.4 Å². The molecule has 1 heterocycles. The molecule has 0 unspecified atom stereocenters. The highest BCUT2D eigenvalue weighted by Crippen LogP contribution is 2.17. The van der Waals surface area contributed by atoms with E-state index in [9.17, 15) is 9.59 Å². The van der Waals surface area contributed by atoms with Crippen LogP contribution in [-0.4, -0.2) is 23.3 Å². The van der Waals surface area contributed by atoms with Gasteiger partial charge < -0.3 is 10.2 Å². The zero-order valence-corrected chi connectivity index (χ0v) is 15.1. The molecule has 27 heavy (non-hydrogen) atoms. The fraction of sp³-hybridized carbons (Fsp3) is 0.136. The molecule has 136 valence electrons. The van der Waals surface area contributed by atoms with Crippen LogP contribution in [0, 0.1) is 0 Å². The van der Waals surface area contributed by atoms with Gasteiger partial charge in [0, 0.05) is 29.6 Å². The van der Waals surface area contributed by atoms with Crippen LogP contribution in [0.15, 0.2) is 79.0 Å². The number of amides is 2. The van der Waals surface area contributed by atoms with E-state index in [-0.39, 0.29) is 11.8 Å². The first-order valence-corrected chi connectivity index (χ1v) is 8.84. The van der Waals surface area contributed by atoms with Crippen LogP contribution >= 0.6 is 0 Å². The van der Waals surface area contributed by atoms with Crippen molar-refractivity contribution in [3.05, 3.63) is 95.8 Å². The third kappa shape index (κ3) is 4.58. The molecule has 0 aliphatic heterocycles. The van der Waals surface area contributed by atoms with Crippen molar-refractivity contribution in [3.8, 4) is 0 Å². The normalized spacial score (nSPS) is 10.3. The molecule has 0 saturated carbocycles. The second kappa shape index (κ2) is 8.76. The SMILES string of the molecule is CCN(C(=O)c1ccc(C(=O)NCc2ccccn2)cc1)c1ccccc1. The lowest BCUT2D eigenvalue weighted by atomic mass is 10.1. The Balaban J connectivity index is 1.67. The molecule has 0 aliphatic rings. The Hall–Kier alpha value is -3.47. The summed E-state index contributed by atoms with van der Waals surface area (Å²) in [7, 11) is 0. The summed E-state index contributed by atoms with van der Waals surface area (Å²) in [6.07, 6.45) is 1.69. The molecular formula is C22H21N3O2. The number of pyridine rings is 1. The smallest absolute Gasteiger partial charge is 0.258 e. The first kappa shape index (κ1) is 18.3. The maximum absolute atomic E-state index is 12.8. The van der Waals surface area contributed by atoms with Gasteiger partial charge in [0.2, 0.25) is 0 Å². The van der Waals surface area contributed by atoms with Crippen molar-refractivity contribution < 1.29 is 9.59 Å². The van der Waals surface area contributed by atoms with E-state index in [1.54, 1.807) is 35.4 Å². The Kier molecular flexibility index (Phi) is 5.94. The average molecular weight is 359 g/mol. The lowest BCUT2D eigenvalue weighted by Gasteiger charge is -2.21. The molecule has 0 fully saturated rings. The molecule has 0 radical (unpaired) electrons. The summed E-state index contributed by atoms with van der Waals surface area (Å²) >= 11 is 0. The highest BCUT2D eigenvalue weighted by Gasteiger charge is 2.16. The van der Waals surface area contributed by atoms with Gasteiger partial charge >= 0.3 is 0 Å². The quantitative estimate of drug-likeness (QED) is 0.730. The van der Waals surface area contributed by atoms with Crippen LogP contribution < -0.4 is 10.2 Å². The Morgan fingerprint density at radius 2 is 1.56 bits per heavy atom. The predicted octanol–water partition coefficient (Wildman–Crippen LogP) is 3.68. The first-order valence-electron chi connectivity index (χ1n) is 8.84. The number of carbonyl (C=O) groups excluding carboxylic acids is 2. The number of para-hydroxylation sites is 1. The fourth-order valence-corrected chi connectivity index (χ4v) is 2.75. The molecule has 1 aromatic heterocycles. The number of rotatable bonds is 6. The summed E-state index contributed by atoms with van der Waals surface area (Å²) < 4.78 is 0. The van der Waals surface area contributed by atoms with Crippen molar-refractivity contribution in [2.24, 2.45) is 0 Å². The molecule has 0 aliphatic carbocycles. The van der Waals surface area contributed by atoms with E-state index >= 15 is 0 Å². The summed E-state index contributed by atoms with van der Waals surface area (Å²) in [6, 6.07) is 21.8. The number of carbonyl (C=O) groups is 2. The molecule has 2 amide bonds. The van der Waals surface area contributed by atoms with Gasteiger partial charge in [-0.05, 0) is 55.5 Å². The van der Waals surface area contributed by atoms with Crippen LogP contribution in [0.5, 0.6) is 0 Å².